The second-order valence-corrected chi connectivity index (χ2v) is 5.04. The second kappa shape index (κ2) is 6.05. The van der Waals surface area contributed by atoms with Gasteiger partial charge in [-0.15, -0.1) is 0 Å². The lowest BCUT2D eigenvalue weighted by Crippen LogP contribution is -2.27. The highest BCUT2D eigenvalue weighted by Crippen LogP contribution is 2.25. The maximum absolute atomic E-state index is 5.10. The van der Waals surface area contributed by atoms with Crippen molar-refractivity contribution in [2.75, 3.05) is 19.0 Å². The van der Waals surface area contributed by atoms with Crippen LogP contribution in [0.2, 0.25) is 0 Å². The molecule has 1 heterocycles. The third-order valence-corrected chi connectivity index (χ3v) is 3.60. The molecule has 1 aliphatic rings. The minimum atomic E-state index is 0.592. The minimum absolute atomic E-state index is 0.592. The zero-order valence-corrected chi connectivity index (χ0v) is 10.9. The first-order valence-electron chi connectivity index (χ1n) is 6.56. The summed E-state index contributed by atoms with van der Waals surface area (Å²) in [6.45, 7) is 3.93. The number of hydrogen-bond acceptors (Lipinski definition) is 3. The minimum Gasteiger partial charge on any atom is -0.383 e. The van der Waals surface area contributed by atoms with Gasteiger partial charge in [0.2, 0.25) is 5.95 Å². The van der Waals surface area contributed by atoms with E-state index < -0.39 is 0 Å². The molecule has 0 saturated heterocycles. The summed E-state index contributed by atoms with van der Waals surface area (Å²) >= 11 is 0. The number of aromatic nitrogens is 2. The quantitative estimate of drug-likeness (QED) is 0.855. The first kappa shape index (κ1) is 12.4. The fourth-order valence-electron chi connectivity index (χ4n) is 2.41. The fourth-order valence-corrected chi connectivity index (χ4v) is 2.41. The standard InChI is InChI=1S/C13H23N3O/c1-11-3-5-12(6-4-11)15-13-14-7-8-16(13)9-10-17-2/h7-8,11-12H,3-6,9-10H2,1-2H3,(H,14,15). The number of methoxy groups -OCH3 is 1. The van der Waals surface area contributed by atoms with E-state index in [1.807, 2.05) is 12.4 Å². The molecule has 0 aliphatic heterocycles. The summed E-state index contributed by atoms with van der Waals surface area (Å²) in [6.07, 6.45) is 9.04. The Morgan fingerprint density at radius 1 is 1.41 bits per heavy atom. The van der Waals surface area contributed by atoms with Gasteiger partial charge in [0.05, 0.1) is 6.61 Å². The molecular weight excluding hydrogens is 214 g/mol. The van der Waals surface area contributed by atoms with E-state index in [9.17, 15) is 0 Å². The van der Waals surface area contributed by atoms with Crippen LogP contribution in [0.25, 0.3) is 0 Å². The molecule has 0 bridgehead atoms. The molecule has 0 radical (unpaired) electrons. The predicted molar refractivity (Wildman–Crippen MR) is 69.1 cm³/mol. The van der Waals surface area contributed by atoms with Crippen LogP contribution in [0.15, 0.2) is 12.4 Å². The van der Waals surface area contributed by atoms with E-state index in [0.29, 0.717) is 6.04 Å². The van der Waals surface area contributed by atoms with Crippen molar-refractivity contribution in [2.24, 2.45) is 5.92 Å². The van der Waals surface area contributed by atoms with Crippen molar-refractivity contribution in [3.05, 3.63) is 12.4 Å². The van der Waals surface area contributed by atoms with Gasteiger partial charge in [0.1, 0.15) is 0 Å². The highest BCUT2D eigenvalue weighted by Gasteiger charge is 2.19. The zero-order chi connectivity index (χ0) is 12.1. The summed E-state index contributed by atoms with van der Waals surface area (Å²) < 4.78 is 7.22. The molecule has 1 aliphatic carbocycles. The maximum Gasteiger partial charge on any atom is 0.203 e. The van der Waals surface area contributed by atoms with Gasteiger partial charge in [0, 0.05) is 32.1 Å². The molecule has 17 heavy (non-hydrogen) atoms. The van der Waals surface area contributed by atoms with Crippen molar-refractivity contribution in [3.63, 3.8) is 0 Å². The Morgan fingerprint density at radius 3 is 2.88 bits per heavy atom. The van der Waals surface area contributed by atoms with Crippen LogP contribution < -0.4 is 5.32 Å². The topological polar surface area (TPSA) is 39.1 Å². The third-order valence-electron chi connectivity index (χ3n) is 3.60. The summed E-state index contributed by atoms with van der Waals surface area (Å²) in [5.74, 6) is 1.88. The van der Waals surface area contributed by atoms with Gasteiger partial charge in [-0.05, 0) is 31.6 Å². The van der Waals surface area contributed by atoms with Gasteiger partial charge in [-0.1, -0.05) is 6.92 Å². The SMILES string of the molecule is COCCn1ccnc1NC1CCC(C)CC1. The van der Waals surface area contributed by atoms with E-state index in [1.165, 1.54) is 25.7 Å². The first-order valence-corrected chi connectivity index (χ1v) is 6.56. The molecule has 4 nitrogen and oxygen atoms in total. The monoisotopic (exact) mass is 237 g/mol. The average molecular weight is 237 g/mol. The molecule has 1 saturated carbocycles. The van der Waals surface area contributed by atoms with Gasteiger partial charge in [-0.3, -0.25) is 0 Å². The summed E-state index contributed by atoms with van der Waals surface area (Å²) in [7, 11) is 1.73. The van der Waals surface area contributed by atoms with Crippen molar-refractivity contribution in [1.29, 1.82) is 0 Å². The Bertz CT molecular complexity index is 329. The van der Waals surface area contributed by atoms with E-state index in [0.717, 1.165) is 25.0 Å². The molecular formula is C13H23N3O. The fraction of sp³-hybridized carbons (Fsp3) is 0.769. The van der Waals surface area contributed by atoms with E-state index in [2.05, 4.69) is 21.8 Å². The van der Waals surface area contributed by atoms with Gasteiger partial charge >= 0.3 is 0 Å². The summed E-state index contributed by atoms with van der Waals surface area (Å²) in [5, 5.41) is 3.56. The smallest absolute Gasteiger partial charge is 0.203 e. The molecule has 0 atom stereocenters. The zero-order valence-electron chi connectivity index (χ0n) is 10.9. The van der Waals surface area contributed by atoms with Crippen LogP contribution in [0, 0.1) is 5.92 Å². The first-order chi connectivity index (χ1) is 8.29. The second-order valence-electron chi connectivity index (χ2n) is 5.04. The molecule has 1 N–H and O–H groups in total. The lowest BCUT2D eigenvalue weighted by Gasteiger charge is -2.27. The number of nitrogens with zero attached hydrogens (tertiary/aromatic N) is 2. The molecule has 1 aromatic rings. The lowest BCUT2D eigenvalue weighted by molar-refractivity contribution is 0.187. The summed E-state index contributed by atoms with van der Waals surface area (Å²) in [4.78, 5) is 4.38. The summed E-state index contributed by atoms with van der Waals surface area (Å²) in [6, 6.07) is 0.592. The Balaban J connectivity index is 1.87. The van der Waals surface area contributed by atoms with Gasteiger partial charge in [-0.25, -0.2) is 4.98 Å². The van der Waals surface area contributed by atoms with Gasteiger partial charge in [0.15, 0.2) is 0 Å². The Labute approximate surface area is 103 Å². The van der Waals surface area contributed by atoms with E-state index in [4.69, 9.17) is 4.74 Å². The van der Waals surface area contributed by atoms with Crippen LogP contribution in [-0.4, -0.2) is 29.3 Å². The molecule has 0 unspecified atom stereocenters. The number of ether oxygens (including phenoxy) is 1. The number of imidazole rings is 1. The van der Waals surface area contributed by atoms with Crippen LogP contribution in [0.1, 0.15) is 32.6 Å². The van der Waals surface area contributed by atoms with E-state index in [1.54, 1.807) is 7.11 Å². The van der Waals surface area contributed by atoms with Crippen molar-refractivity contribution < 1.29 is 4.74 Å². The van der Waals surface area contributed by atoms with E-state index >= 15 is 0 Å². The lowest BCUT2D eigenvalue weighted by atomic mass is 9.87. The van der Waals surface area contributed by atoms with Crippen LogP contribution in [-0.2, 0) is 11.3 Å². The molecule has 1 aromatic heterocycles. The number of rotatable bonds is 5. The molecule has 96 valence electrons. The highest BCUT2D eigenvalue weighted by atomic mass is 16.5. The molecule has 0 spiro atoms. The van der Waals surface area contributed by atoms with Crippen molar-refractivity contribution in [3.8, 4) is 0 Å². The largest absolute Gasteiger partial charge is 0.383 e. The molecule has 1 fully saturated rings. The predicted octanol–water partition coefficient (Wildman–Crippen LogP) is 2.52. The molecule has 0 amide bonds. The number of hydrogen-bond donors (Lipinski definition) is 1. The van der Waals surface area contributed by atoms with E-state index in [-0.39, 0.29) is 0 Å². The Kier molecular flexibility index (Phi) is 4.42. The number of anilines is 1. The van der Waals surface area contributed by atoms with Crippen molar-refractivity contribution in [1.82, 2.24) is 9.55 Å². The summed E-state index contributed by atoms with van der Waals surface area (Å²) in [5.41, 5.74) is 0. The van der Waals surface area contributed by atoms with Crippen molar-refractivity contribution >= 4 is 5.95 Å². The van der Waals surface area contributed by atoms with Gasteiger partial charge in [0.25, 0.3) is 0 Å². The average Bonchev–Trinajstić information content (AvgIpc) is 2.77. The molecule has 0 aromatic carbocycles. The van der Waals surface area contributed by atoms with Crippen LogP contribution >= 0.6 is 0 Å². The molecule has 2 rings (SSSR count). The maximum atomic E-state index is 5.10. The van der Waals surface area contributed by atoms with Gasteiger partial charge in [-0.2, -0.15) is 0 Å². The van der Waals surface area contributed by atoms with Gasteiger partial charge < -0.3 is 14.6 Å². The van der Waals surface area contributed by atoms with Crippen molar-refractivity contribution in [2.45, 2.75) is 45.2 Å². The Morgan fingerprint density at radius 2 is 2.18 bits per heavy atom. The Hall–Kier alpha value is -1.03. The highest BCUT2D eigenvalue weighted by molar-refractivity contribution is 5.27. The van der Waals surface area contributed by atoms with Crippen LogP contribution in [0.3, 0.4) is 0 Å². The number of nitrogens with one attached hydrogen (secondary N) is 1. The molecule has 4 heteroatoms. The normalized spacial score (nSPS) is 24.8. The van der Waals surface area contributed by atoms with Crippen LogP contribution in [0.4, 0.5) is 5.95 Å². The van der Waals surface area contributed by atoms with Crippen LogP contribution in [0.5, 0.6) is 0 Å². The third kappa shape index (κ3) is 3.46.